The highest BCUT2D eigenvalue weighted by Crippen LogP contribution is 2.29. The number of methoxy groups -OCH3 is 1. The lowest BCUT2D eigenvalue weighted by molar-refractivity contribution is -0.0512. The van der Waals surface area contributed by atoms with E-state index in [1.807, 2.05) is 6.92 Å². The van der Waals surface area contributed by atoms with E-state index in [2.05, 4.69) is 15.0 Å². The number of hydrogen-bond acceptors (Lipinski definition) is 4. The second-order valence-electron chi connectivity index (χ2n) is 4.72. The Kier molecular flexibility index (Phi) is 5.46. The van der Waals surface area contributed by atoms with Gasteiger partial charge in [-0.25, -0.2) is 0 Å². The van der Waals surface area contributed by atoms with E-state index in [0.29, 0.717) is 0 Å². The van der Waals surface area contributed by atoms with Crippen molar-refractivity contribution in [1.29, 1.82) is 0 Å². The van der Waals surface area contributed by atoms with Crippen molar-refractivity contribution >= 4 is 5.91 Å². The molecule has 1 aromatic carbocycles. The Balaban J connectivity index is 2.13. The lowest BCUT2D eigenvalue weighted by Crippen LogP contribution is -2.26. The summed E-state index contributed by atoms with van der Waals surface area (Å²) in [4.78, 5) is 16.2. The standard InChI is InChI=1S/C16H16F2N2O3/c1-10(11-5-7-19-8-6-11)20-15(21)12-3-4-13(23-16(17)18)14(9-12)22-2/h3-10,16H,1-2H3,(H,20,21)/t10-/m1/s1. The van der Waals surface area contributed by atoms with Crippen LogP contribution in [0.3, 0.4) is 0 Å². The number of amides is 1. The quantitative estimate of drug-likeness (QED) is 0.887. The van der Waals surface area contributed by atoms with Gasteiger partial charge >= 0.3 is 6.61 Å². The van der Waals surface area contributed by atoms with Crippen molar-refractivity contribution in [3.63, 3.8) is 0 Å². The Morgan fingerprint density at radius 2 is 1.87 bits per heavy atom. The van der Waals surface area contributed by atoms with Gasteiger partial charge in [-0.3, -0.25) is 9.78 Å². The molecule has 7 heteroatoms. The van der Waals surface area contributed by atoms with Crippen LogP contribution in [-0.2, 0) is 0 Å². The first-order valence-corrected chi connectivity index (χ1v) is 6.85. The Labute approximate surface area is 132 Å². The summed E-state index contributed by atoms with van der Waals surface area (Å²) in [6.45, 7) is -1.13. The van der Waals surface area contributed by atoms with Crippen LogP contribution in [0.4, 0.5) is 8.78 Å². The number of aromatic nitrogens is 1. The Bertz CT molecular complexity index is 666. The lowest BCUT2D eigenvalue weighted by atomic mass is 10.1. The molecule has 1 amide bonds. The molecule has 0 saturated heterocycles. The van der Waals surface area contributed by atoms with Crippen molar-refractivity contribution in [1.82, 2.24) is 10.3 Å². The predicted octanol–water partition coefficient (Wildman–Crippen LogP) is 3.18. The van der Waals surface area contributed by atoms with Gasteiger partial charge in [0, 0.05) is 18.0 Å². The normalized spacial score (nSPS) is 11.9. The van der Waals surface area contributed by atoms with Crippen molar-refractivity contribution < 1.29 is 23.0 Å². The highest BCUT2D eigenvalue weighted by molar-refractivity contribution is 5.95. The molecule has 0 fully saturated rings. The van der Waals surface area contributed by atoms with Crippen molar-refractivity contribution in [3.05, 3.63) is 53.9 Å². The molecule has 23 heavy (non-hydrogen) atoms. The Morgan fingerprint density at radius 1 is 1.17 bits per heavy atom. The van der Waals surface area contributed by atoms with E-state index in [4.69, 9.17) is 4.74 Å². The molecule has 2 rings (SSSR count). The number of benzene rings is 1. The molecule has 0 aliphatic rings. The second-order valence-corrected chi connectivity index (χ2v) is 4.72. The minimum absolute atomic E-state index is 0.0644. The molecule has 122 valence electrons. The van der Waals surface area contributed by atoms with E-state index in [-0.39, 0.29) is 29.0 Å². The van der Waals surface area contributed by atoms with Crippen molar-refractivity contribution in [2.75, 3.05) is 7.11 Å². The molecule has 2 aromatic rings. The summed E-state index contributed by atoms with van der Waals surface area (Å²) in [7, 11) is 1.31. The molecule has 0 saturated carbocycles. The SMILES string of the molecule is COc1cc(C(=O)N[C@H](C)c2ccncc2)ccc1OC(F)F. The highest BCUT2D eigenvalue weighted by atomic mass is 19.3. The van der Waals surface area contributed by atoms with Crippen molar-refractivity contribution in [2.45, 2.75) is 19.6 Å². The Hall–Kier alpha value is -2.70. The summed E-state index contributed by atoms with van der Waals surface area (Å²) < 4.78 is 33.9. The van der Waals surface area contributed by atoms with Gasteiger partial charge in [0.15, 0.2) is 11.5 Å². The molecule has 1 heterocycles. The monoisotopic (exact) mass is 322 g/mol. The van der Waals surface area contributed by atoms with E-state index >= 15 is 0 Å². The molecular formula is C16H16F2N2O3. The summed E-state index contributed by atoms with van der Waals surface area (Å²) >= 11 is 0. The topological polar surface area (TPSA) is 60.5 Å². The third kappa shape index (κ3) is 4.38. The summed E-state index contributed by atoms with van der Waals surface area (Å²) in [5.74, 6) is -0.410. The summed E-state index contributed by atoms with van der Waals surface area (Å²) in [5.41, 5.74) is 1.18. The molecule has 5 nitrogen and oxygen atoms in total. The summed E-state index contributed by atoms with van der Waals surface area (Å²) in [5, 5.41) is 2.81. The fourth-order valence-electron chi connectivity index (χ4n) is 2.02. The van der Waals surface area contributed by atoms with Crippen molar-refractivity contribution in [3.8, 4) is 11.5 Å². The molecule has 0 bridgehead atoms. The largest absolute Gasteiger partial charge is 0.493 e. The molecular weight excluding hydrogens is 306 g/mol. The molecule has 0 spiro atoms. The number of carbonyl (C=O) groups is 1. The number of pyridine rings is 1. The van der Waals surface area contributed by atoms with Crippen LogP contribution in [0.15, 0.2) is 42.7 Å². The van der Waals surface area contributed by atoms with E-state index in [1.165, 1.54) is 25.3 Å². The van der Waals surface area contributed by atoms with Gasteiger partial charge in [0.25, 0.3) is 5.91 Å². The van der Waals surface area contributed by atoms with Crippen LogP contribution < -0.4 is 14.8 Å². The van der Waals surface area contributed by atoms with Crippen LogP contribution >= 0.6 is 0 Å². The third-order valence-electron chi connectivity index (χ3n) is 3.20. The smallest absolute Gasteiger partial charge is 0.387 e. The zero-order valence-corrected chi connectivity index (χ0v) is 12.6. The van der Waals surface area contributed by atoms with Gasteiger partial charge in [-0.2, -0.15) is 8.78 Å². The number of hydrogen-bond donors (Lipinski definition) is 1. The molecule has 0 aliphatic carbocycles. The summed E-state index contributed by atoms with van der Waals surface area (Å²) in [6.07, 6.45) is 3.27. The van der Waals surface area contributed by atoms with Crippen molar-refractivity contribution in [2.24, 2.45) is 0 Å². The number of nitrogens with one attached hydrogen (secondary N) is 1. The lowest BCUT2D eigenvalue weighted by Gasteiger charge is -2.15. The number of carbonyl (C=O) groups excluding carboxylic acids is 1. The molecule has 0 aliphatic heterocycles. The maximum Gasteiger partial charge on any atom is 0.387 e. The van der Waals surface area contributed by atoms with Crippen LogP contribution in [-0.4, -0.2) is 24.6 Å². The first kappa shape index (κ1) is 16.7. The number of halogens is 2. The fourth-order valence-corrected chi connectivity index (χ4v) is 2.02. The summed E-state index contributed by atoms with van der Waals surface area (Å²) in [6, 6.07) is 7.39. The van der Waals surface area contributed by atoms with Crippen LogP contribution in [0, 0.1) is 0 Å². The maximum atomic E-state index is 12.3. The number of nitrogens with zero attached hydrogens (tertiary/aromatic N) is 1. The number of ether oxygens (including phenoxy) is 2. The van der Waals surface area contributed by atoms with E-state index < -0.39 is 6.61 Å². The average molecular weight is 322 g/mol. The molecule has 1 aromatic heterocycles. The first-order valence-electron chi connectivity index (χ1n) is 6.85. The highest BCUT2D eigenvalue weighted by Gasteiger charge is 2.16. The maximum absolute atomic E-state index is 12.3. The van der Waals surface area contributed by atoms with Gasteiger partial charge < -0.3 is 14.8 Å². The van der Waals surface area contributed by atoms with Crippen LogP contribution in [0.25, 0.3) is 0 Å². The zero-order valence-electron chi connectivity index (χ0n) is 12.6. The zero-order chi connectivity index (χ0) is 16.8. The van der Waals surface area contributed by atoms with Gasteiger partial charge in [0.1, 0.15) is 0 Å². The van der Waals surface area contributed by atoms with Crippen LogP contribution in [0.1, 0.15) is 28.9 Å². The van der Waals surface area contributed by atoms with E-state index in [9.17, 15) is 13.6 Å². The minimum Gasteiger partial charge on any atom is -0.493 e. The molecule has 0 unspecified atom stereocenters. The predicted molar refractivity (Wildman–Crippen MR) is 79.7 cm³/mol. The number of alkyl halides is 2. The van der Waals surface area contributed by atoms with Gasteiger partial charge in [-0.05, 0) is 42.8 Å². The molecule has 0 radical (unpaired) electrons. The van der Waals surface area contributed by atoms with E-state index in [0.717, 1.165) is 5.56 Å². The Morgan fingerprint density at radius 3 is 2.48 bits per heavy atom. The van der Waals surface area contributed by atoms with Gasteiger partial charge in [0.05, 0.1) is 13.2 Å². The van der Waals surface area contributed by atoms with Gasteiger partial charge in [0.2, 0.25) is 0 Å². The number of rotatable bonds is 6. The van der Waals surface area contributed by atoms with Gasteiger partial charge in [-0.1, -0.05) is 0 Å². The van der Waals surface area contributed by atoms with Gasteiger partial charge in [-0.15, -0.1) is 0 Å². The average Bonchev–Trinajstić information content (AvgIpc) is 2.55. The molecule has 1 atom stereocenters. The van der Waals surface area contributed by atoms with Crippen LogP contribution in [0.2, 0.25) is 0 Å². The molecule has 1 N–H and O–H groups in total. The van der Waals surface area contributed by atoms with Crippen LogP contribution in [0.5, 0.6) is 11.5 Å². The first-order chi connectivity index (χ1) is 11.0. The third-order valence-corrected chi connectivity index (χ3v) is 3.20. The fraction of sp³-hybridized carbons (Fsp3) is 0.250. The minimum atomic E-state index is -2.96. The van der Waals surface area contributed by atoms with E-state index in [1.54, 1.807) is 24.5 Å². The second kappa shape index (κ2) is 7.53.